The minimum Gasteiger partial charge on any atom is -0.550 e. The van der Waals surface area contributed by atoms with Gasteiger partial charge in [0.25, 0.3) is 0 Å². The summed E-state index contributed by atoms with van der Waals surface area (Å²) in [5.74, 6) is -0.116. The summed E-state index contributed by atoms with van der Waals surface area (Å²) in [6, 6.07) is 0. The van der Waals surface area contributed by atoms with Crippen molar-refractivity contribution in [2.24, 2.45) is 0 Å². The zero-order valence-corrected chi connectivity index (χ0v) is 12.9. The molecule has 0 N–H and O–H groups in total. The van der Waals surface area contributed by atoms with Crippen molar-refractivity contribution >= 4 is 31.2 Å². The molecule has 0 aliphatic rings. The molecule has 2 nitrogen and oxygen atoms in total. The maximum absolute atomic E-state index is 10.0. The Bertz CT molecular complexity index is 133. The van der Waals surface area contributed by atoms with Crippen molar-refractivity contribution in [1.82, 2.24) is 0 Å². The van der Waals surface area contributed by atoms with Gasteiger partial charge in [-0.2, -0.15) is 25.3 Å². The van der Waals surface area contributed by atoms with Crippen LogP contribution in [0.1, 0.15) is 32.1 Å². The molecule has 0 rings (SSSR count). The molecule has 0 aliphatic carbocycles. The summed E-state index contributed by atoms with van der Waals surface area (Å²) in [6.45, 7) is 0. The van der Waals surface area contributed by atoms with E-state index in [0.717, 1.165) is 25.0 Å². The average Bonchev–Trinajstić information content (AvgIpc) is 1.98. The number of unbranched alkanes of at least 4 members (excludes halogenated alkanes) is 1. The fraction of sp³-hybridized carbons (Fsp3) is 0.875. The molecule has 0 spiro atoms. The summed E-state index contributed by atoms with van der Waals surface area (Å²) in [6.07, 6.45) is 3.73. The number of carbonyl (C=O) groups excluding carboxylic acids is 1. The number of hydrogen-bond acceptors (Lipinski definition) is 4. The summed E-state index contributed by atoms with van der Waals surface area (Å²) in [5, 5.41) is 10.4. The monoisotopic (exact) mass is 246 g/mol. The van der Waals surface area contributed by atoms with E-state index in [1.54, 1.807) is 0 Å². The van der Waals surface area contributed by atoms with Crippen LogP contribution in [0, 0.1) is 0 Å². The van der Waals surface area contributed by atoms with Crippen LogP contribution in [-0.2, 0) is 4.79 Å². The van der Waals surface area contributed by atoms with Gasteiger partial charge in [-0.1, -0.05) is 6.42 Å². The largest absolute Gasteiger partial charge is 1.00 e. The van der Waals surface area contributed by atoms with Gasteiger partial charge in [0.2, 0.25) is 0 Å². The second-order valence-corrected chi connectivity index (χ2v) is 3.96. The molecule has 0 fully saturated rings. The van der Waals surface area contributed by atoms with Crippen molar-refractivity contribution in [3.63, 3.8) is 0 Å². The molecule has 0 saturated heterocycles. The van der Waals surface area contributed by atoms with Crippen LogP contribution in [0.25, 0.3) is 0 Å². The quantitative estimate of drug-likeness (QED) is 0.307. The average molecular weight is 246 g/mol. The third-order valence-corrected chi connectivity index (χ3v) is 2.41. The van der Waals surface area contributed by atoms with Crippen LogP contribution < -0.4 is 56.5 Å². The maximum atomic E-state index is 10.0. The molecule has 0 aromatic carbocycles. The Hall–Kier alpha value is 1.81. The first-order chi connectivity index (χ1) is 5.66. The molecule has 5 heteroatoms. The Morgan fingerprint density at radius 1 is 1.31 bits per heavy atom. The zero-order valence-electron chi connectivity index (χ0n) is 8.03. The minimum atomic E-state index is -0.958. The summed E-state index contributed by atoms with van der Waals surface area (Å²) in [7, 11) is 0. The van der Waals surface area contributed by atoms with Gasteiger partial charge >= 0.3 is 51.4 Å². The van der Waals surface area contributed by atoms with Crippen molar-refractivity contribution in [1.29, 1.82) is 0 Å². The predicted molar refractivity (Wildman–Crippen MR) is 54.7 cm³/mol. The molecule has 0 bridgehead atoms. The van der Waals surface area contributed by atoms with E-state index in [9.17, 15) is 9.90 Å². The van der Waals surface area contributed by atoms with Gasteiger partial charge in [-0.05, 0) is 31.4 Å². The van der Waals surface area contributed by atoms with Gasteiger partial charge in [0, 0.05) is 11.2 Å². The van der Waals surface area contributed by atoms with E-state index >= 15 is 0 Å². The van der Waals surface area contributed by atoms with E-state index in [1.165, 1.54) is 0 Å². The molecular weight excluding hydrogens is 231 g/mol. The fourth-order valence-electron chi connectivity index (χ4n) is 0.943. The van der Waals surface area contributed by atoms with Gasteiger partial charge in [-0.15, -0.1) is 0 Å². The second-order valence-electron chi connectivity index (χ2n) is 2.78. The number of carboxylic acids is 1. The third-order valence-electron chi connectivity index (χ3n) is 1.63. The molecule has 0 aromatic rings. The van der Waals surface area contributed by atoms with Crippen molar-refractivity contribution in [3.8, 4) is 0 Å². The van der Waals surface area contributed by atoms with Crippen LogP contribution in [0.15, 0.2) is 0 Å². The zero-order chi connectivity index (χ0) is 9.40. The predicted octanol–water partition coefficient (Wildman–Crippen LogP) is -2.08. The van der Waals surface area contributed by atoms with E-state index in [4.69, 9.17) is 0 Å². The number of rotatable bonds is 7. The Kier molecular flexibility index (Phi) is 15.7. The number of aliphatic carboxylic acids is 1. The first-order valence-corrected chi connectivity index (χ1v) is 5.30. The smallest absolute Gasteiger partial charge is 0.550 e. The molecule has 0 amide bonds. The number of hydrogen-bond donors (Lipinski definition) is 2. The van der Waals surface area contributed by atoms with Gasteiger partial charge in [-0.3, -0.25) is 0 Å². The standard InChI is InChI=1S/C8H16O2S2.K/c9-8(10)4-2-1-3-7(12)5-6-11;/h7,11-12H,1-6H2,(H,9,10);/q;+1/p-1/t7-;/m0./s1. The van der Waals surface area contributed by atoms with E-state index in [0.29, 0.717) is 11.7 Å². The van der Waals surface area contributed by atoms with Gasteiger partial charge in [0.05, 0.1) is 0 Å². The fourth-order valence-corrected chi connectivity index (χ4v) is 1.77. The summed E-state index contributed by atoms with van der Waals surface area (Å²) >= 11 is 8.41. The molecule has 0 radical (unpaired) electrons. The summed E-state index contributed by atoms with van der Waals surface area (Å²) in [5.41, 5.74) is 0. The molecule has 13 heavy (non-hydrogen) atoms. The second kappa shape index (κ2) is 11.9. The number of carboxylic acid groups (broad SMARTS) is 1. The normalized spacial score (nSPS) is 11.8. The Balaban J connectivity index is 0. The molecule has 1 atom stereocenters. The Morgan fingerprint density at radius 2 is 1.92 bits per heavy atom. The van der Waals surface area contributed by atoms with Crippen LogP contribution in [0.5, 0.6) is 0 Å². The number of carbonyl (C=O) groups is 1. The van der Waals surface area contributed by atoms with Crippen LogP contribution in [0.3, 0.4) is 0 Å². The van der Waals surface area contributed by atoms with E-state index in [1.807, 2.05) is 0 Å². The molecule has 72 valence electrons. The van der Waals surface area contributed by atoms with Gasteiger partial charge < -0.3 is 9.90 Å². The van der Waals surface area contributed by atoms with Gasteiger partial charge in [-0.25, -0.2) is 0 Å². The van der Waals surface area contributed by atoms with E-state index in [2.05, 4.69) is 25.3 Å². The van der Waals surface area contributed by atoms with Crippen molar-refractivity contribution < 1.29 is 61.3 Å². The summed E-state index contributed by atoms with van der Waals surface area (Å²) in [4.78, 5) is 10.0. The first kappa shape index (κ1) is 17.2. The van der Waals surface area contributed by atoms with Crippen LogP contribution >= 0.6 is 25.3 Å². The molecule has 0 heterocycles. The molecule has 0 aliphatic heterocycles. The summed E-state index contributed by atoms with van der Waals surface area (Å²) < 4.78 is 0. The molecular formula is C8H15KO2S2. The van der Waals surface area contributed by atoms with E-state index < -0.39 is 5.97 Å². The van der Waals surface area contributed by atoms with Crippen LogP contribution in [-0.4, -0.2) is 17.0 Å². The molecule has 0 aromatic heterocycles. The van der Waals surface area contributed by atoms with E-state index in [-0.39, 0.29) is 57.8 Å². The van der Waals surface area contributed by atoms with Crippen molar-refractivity contribution in [2.75, 3.05) is 5.75 Å². The van der Waals surface area contributed by atoms with Crippen LogP contribution in [0.4, 0.5) is 0 Å². The Labute approximate surface area is 133 Å². The SMILES string of the molecule is O=C([O-])CCCC[C@H](S)CCS.[K+]. The number of thiol groups is 2. The molecule has 0 saturated carbocycles. The first-order valence-electron chi connectivity index (χ1n) is 4.15. The topological polar surface area (TPSA) is 40.1 Å². The van der Waals surface area contributed by atoms with Crippen LogP contribution in [0.2, 0.25) is 0 Å². The minimum absolute atomic E-state index is 0. The Morgan fingerprint density at radius 3 is 2.38 bits per heavy atom. The third kappa shape index (κ3) is 13.8. The van der Waals surface area contributed by atoms with Crippen molar-refractivity contribution in [2.45, 2.75) is 37.4 Å². The van der Waals surface area contributed by atoms with Crippen molar-refractivity contribution in [3.05, 3.63) is 0 Å². The maximum Gasteiger partial charge on any atom is 1.00 e. The molecule has 0 unspecified atom stereocenters. The van der Waals surface area contributed by atoms with Gasteiger partial charge in [0.1, 0.15) is 0 Å². The van der Waals surface area contributed by atoms with Gasteiger partial charge in [0.15, 0.2) is 0 Å².